The van der Waals surface area contributed by atoms with Gasteiger partial charge in [-0.15, -0.1) is 0 Å². The van der Waals surface area contributed by atoms with Gasteiger partial charge in [0.25, 0.3) is 11.8 Å². The van der Waals surface area contributed by atoms with Gasteiger partial charge in [0.15, 0.2) is 0 Å². The molecule has 0 radical (unpaired) electrons. The highest BCUT2D eigenvalue weighted by atomic mass is 19.1. The van der Waals surface area contributed by atoms with Crippen LogP contribution in [0, 0.1) is 19.7 Å². The van der Waals surface area contributed by atoms with Gasteiger partial charge in [0, 0.05) is 25.4 Å². The largest absolute Gasteiger partial charge is 0.382 e. The molecule has 152 valence electrons. The number of aryl methyl sites for hydroxylation is 1. The van der Waals surface area contributed by atoms with Gasteiger partial charge in [0.2, 0.25) is 0 Å². The minimum Gasteiger partial charge on any atom is -0.382 e. The minimum atomic E-state index is -0.399. The molecule has 1 aliphatic heterocycles. The van der Waals surface area contributed by atoms with Crippen LogP contribution in [0.25, 0.3) is 5.57 Å². The third-order valence-corrected chi connectivity index (χ3v) is 5.04. The van der Waals surface area contributed by atoms with E-state index in [-0.39, 0.29) is 29.6 Å². The van der Waals surface area contributed by atoms with Crippen LogP contribution in [-0.2, 0) is 14.3 Å². The number of nitrogens with zero attached hydrogens (tertiary/aromatic N) is 1. The number of amides is 2. The van der Waals surface area contributed by atoms with Gasteiger partial charge in [-0.1, -0.05) is 24.3 Å². The molecule has 2 amide bonds. The summed E-state index contributed by atoms with van der Waals surface area (Å²) in [4.78, 5) is 27.4. The van der Waals surface area contributed by atoms with Gasteiger partial charge in [-0.2, -0.15) is 0 Å². The molecule has 0 saturated heterocycles. The summed E-state index contributed by atoms with van der Waals surface area (Å²) in [5.41, 5.74) is 3.80. The van der Waals surface area contributed by atoms with Crippen molar-refractivity contribution in [2.45, 2.75) is 27.2 Å². The van der Waals surface area contributed by atoms with Gasteiger partial charge < -0.3 is 10.1 Å². The number of hydrogen-bond donors (Lipinski definition) is 1. The molecule has 29 heavy (non-hydrogen) atoms. The third-order valence-electron chi connectivity index (χ3n) is 5.04. The Balaban J connectivity index is 1.97. The molecular formula is C23H25FN2O3. The van der Waals surface area contributed by atoms with Crippen LogP contribution < -0.4 is 5.32 Å². The Hall–Kier alpha value is -2.99. The number of carbonyl (C=O) groups is 2. The van der Waals surface area contributed by atoms with E-state index < -0.39 is 5.82 Å². The molecule has 0 bridgehead atoms. The van der Waals surface area contributed by atoms with Crippen LogP contribution in [-0.4, -0.2) is 36.5 Å². The minimum absolute atomic E-state index is 0.215. The lowest BCUT2D eigenvalue weighted by molar-refractivity contribution is -0.137. The van der Waals surface area contributed by atoms with E-state index in [9.17, 15) is 14.0 Å². The first-order chi connectivity index (χ1) is 13.9. The first-order valence-electron chi connectivity index (χ1n) is 9.71. The van der Waals surface area contributed by atoms with Gasteiger partial charge in [-0.3, -0.25) is 14.5 Å². The van der Waals surface area contributed by atoms with E-state index in [4.69, 9.17) is 4.74 Å². The molecule has 1 heterocycles. The van der Waals surface area contributed by atoms with E-state index in [1.807, 2.05) is 39.0 Å². The summed E-state index contributed by atoms with van der Waals surface area (Å²) in [7, 11) is 0. The zero-order chi connectivity index (χ0) is 21.0. The fourth-order valence-electron chi connectivity index (χ4n) is 3.27. The molecule has 0 atom stereocenters. The smallest absolute Gasteiger partial charge is 0.278 e. The maximum Gasteiger partial charge on any atom is 0.278 e. The van der Waals surface area contributed by atoms with Gasteiger partial charge in [-0.25, -0.2) is 4.39 Å². The third kappa shape index (κ3) is 4.38. The van der Waals surface area contributed by atoms with Gasteiger partial charge in [0.05, 0.1) is 5.57 Å². The fourth-order valence-corrected chi connectivity index (χ4v) is 3.27. The van der Waals surface area contributed by atoms with Crippen molar-refractivity contribution >= 4 is 23.1 Å². The summed E-state index contributed by atoms with van der Waals surface area (Å²) < 4.78 is 18.7. The van der Waals surface area contributed by atoms with Crippen LogP contribution in [0.5, 0.6) is 0 Å². The van der Waals surface area contributed by atoms with Crippen LogP contribution in [0.3, 0.4) is 0 Å². The van der Waals surface area contributed by atoms with Crippen molar-refractivity contribution in [1.82, 2.24) is 4.90 Å². The average Bonchev–Trinajstić information content (AvgIpc) is 2.93. The monoisotopic (exact) mass is 396 g/mol. The quantitative estimate of drug-likeness (QED) is 0.540. The van der Waals surface area contributed by atoms with Crippen molar-refractivity contribution in [2.75, 3.05) is 25.1 Å². The Morgan fingerprint density at radius 1 is 1.03 bits per heavy atom. The fraction of sp³-hybridized carbons (Fsp3) is 0.304. The molecule has 6 heteroatoms. The summed E-state index contributed by atoms with van der Waals surface area (Å²) in [5.74, 6) is -1.17. The Morgan fingerprint density at radius 2 is 1.76 bits per heavy atom. The van der Waals surface area contributed by atoms with E-state index in [1.54, 1.807) is 0 Å². The summed E-state index contributed by atoms with van der Waals surface area (Å²) >= 11 is 0. The Kier molecular flexibility index (Phi) is 6.44. The predicted octanol–water partition coefficient (Wildman–Crippen LogP) is 4.06. The molecule has 0 fully saturated rings. The van der Waals surface area contributed by atoms with E-state index in [0.29, 0.717) is 25.2 Å². The number of imide groups is 1. The average molecular weight is 396 g/mol. The number of rotatable bonds is 8. The molecule has 2 aromatic carbocycles. The molecule has 0 saturated carbocycles. The predicted molar refractivity (Wildman–Crippen MR) is 111 cm³/mol. The maximum absolute atomic E-state index is 13.4. The molecule has 5 nitrogen and oxygen atoms in total. The maximum atomic E-state index is 13.4. The van der Waals surface area contributed by atoms with E-state index >= 15 is 0 Å². The lowest BCUT2D eigenvalue weighted by atomic mass is 10.0. The van der Waals surface area contributed by atoms with E-state index in [1.165, 1.54) is 29.2 Å². The SMILES string of the molecule is CCOCCCN1C(=O)C(Nc2cccc(C)c2C)=C(c2ccc(F)cc2)C1=O. The number of anilines is 1. The lowest BCUT2D eigenvalue weighted by Crippen LogP contribution is -2.34. The van der Waals surface area contributed by atoms with Crippen molar-refractivity contribution in [3.8, 4) is 0 Å². The normalized spacial score (nSPS) is 14.1. The highest BCUT2D eigenvalue weighted by molar-refractivity contribution is 6.36. The van der Waals surface area contributed by atoms with Crippen LogP contribution in [0.2, 0.25) is 0 Å². The molecule has 1 N–H and O–H groups in total. The second-order valence-corrected chi connectivity index (χ2v) is 6.94. The molecule has 0 unspecified atom stereocenters. The van der Waals surface area contributed by atoms with Crippen LogP contribution in [0.1, 0.15) is 30.0 Å². The zero-order valence-corrected chi connectivity index (χ0v) is 16.9. The molecule has 1 aliphatic rings. The van der Waals surface area contributed by atoms with Crippen LogP contribution in [0.4, 0.5) is 10.1 Å². The summed E-state index contributed by atoms with van der Waals surface area (Å²) in [6.07, 6.45) is 0.554. The first kappa shape index (κ1) is 20.7. The molecule has 0 spiro atoms. The van der Waals surface area contributed by atoms with E-state index in [0.717, 1.165) is 16.8 Å². The van der Waals surface area contributed by atoms with Crippen molar-refractivity contribution in [1.29, 1.82) is 0 Å². The molecule has 3 rings (SSSR count). The molecular weight excluding hydrogens is 371 g/mol. The zero-order valence-electron chi connectivity index (χ0n) is 16.9. The van der Waals surface area contributed by atoms with Crippen LogP contribution in [0.15, 0.2) is 48.2 Å². The number of halogens is 1. The summed E-state index contributed by atoms with van der Waals surface area (Å²) in [6, 6.07) is 11.4. The molecule has 0 aromatic heterocycles. The van der Waals surface area contributed by atoms with E-state index in [2.05, 4.69) is 5.32 Å². The molecule has 2 aromatic rings. The van der Waals surface area contributed by atoms with Gasteiger partial charge in [0.1, 0.15) is 11.5 Å². The first-order valence-corrected chi connectivity index (χ1v) is 9.71. The number of hydrogen-bond acceptors (Lipinski definition) is 4. The van der Waals surface area contributed by atoms with Crippen LogP contribution >= 0.6 is 0 Å². The Bertz CT molecular complexity index is 951. The number of carbonyl (C=O) groups excluding carboxylic acids is 2. The van der Waals surface area contributed by atoms with Crippen molar-refractivity contribution in [3.05, 3.63) is 70.7 Å². The number of ether oxygens (including phenoxy) is 1. The number of nitrogens with one attached hydrogen (secondary N) is 1. The summed E-state index contributed by atoms with van der Waals surface area (Å²) in [6.45, 7) is 7.15. The Morgan fingerprint density at radius 3 is 2.45 bits per heavy atom. The molecule has 0 aliphatic carbocycles. The number of benzene rings is 2. The topological polar surface area (TPSA) is 58.6 Å². The Labute approximate surface area is 170 Å². The lowest BCUT2D eigenvalue weighted by Gasteiger charge is -2.16. The second-order valence-electron chi connectivity index (χ2n) is 6.94. The van der Waals surface area contributed by atoms with Crippen molar-refractivity contribution in [3.63, 3.8) is 0 Å². The van der Waals surface area contributed by atoms with Gasteiger partial charge in [-0.05, 0) is 62.1 Å². The second kappa shape index (κ2) is 9.01. The highest BCUT2D eigenvalue weighted by Crippen LogP contribution is 2.32. The summed E-state index contributed by atoms with van der Waals surface area (Å²) in [5, 5.41) is 3.17. The van der Waals surface area contributed by atoms with Crippen molar-refractivity contribution < 1.29 is 18.7 Å². The van der Waals surface area contributed by atoms with Gasteiger partial charge >= 0.3 is 0 Å². The van der Waals surface area contributed by atoms with Crippen molar-refractivity contribution in [2.24, 2.45) is 0 Å². The standard InChI is InChI=1S/C23H25FN2O3/c1-4-29-14-6-13-26-22(27)20(17-9-11-18(24)12-10-17)21(23(26)28)25-19-8-5-7-15(2)16(19)3/h5,7-12,25H,4,6,13-14H2,1-3H3. The highest BCUT2D eigenvalue weighted by Gasteiger charge is 2.39.